The Bertz CT molecular complexity index is 1320. The minimum atomic E-state index is -0.399. The van der Waals surface area contributed by atoms with Crippen LogP contribution in [0.25, 0.3) is 0 Å². The molecule has 1 N–H and O–H groups in total. The van der Waals surface area contributed by atoms with E-state index in [0.717, 1.165) is 22.4 Å². The van der Waals surface area contributed by atoms with Crippen LogP contribution in [0.2, 0.25) is 0 Å². The third-order valence-corrected chi connectivity index (χ3v) is 6.48. The van der Waals surface area contributed by atoms with Crippen LogP contribution in [0.4, 0.5) is 0 Å². The van der Waals surface area contributed by atoms with E-state index < -0.39 is 5.97 Å². The van der Waals surface area contributed by atoms with Gasteiger partial charge in [-0.25, -0.2) is 4.79 Å². The third kappa shape index (κ3) is 6.12. The number of ether oxygens (including phenoxy) is 1. The maximum atomic E-state index is 13.3. The molecule has 0 saturated heterocycles. The average Bonchev–Trinajstić information content (AvgIpc) is 2.90. The highest BCUT2D eigenvalue weighted by Crippen LogP contribution is 2.38. The lowest BCUT2D eigenvalue weighted by Crippen LogP contribution is -2.38. The van der Waals surface area contributed by atoms with Gasteiger partial charge >= 0.3 is 5.97 Å². The Hall–Kier alpha value is -4.26. The molecule has 190 valence electrons. The van der Waals surface area contributed by atoms with Gasteiger partial charge < -0.3 is 15.0 Å². The molecule has 1 atom stereocenters. The molecule has 0 radical (unpaired) electrons. The van der Waals surface area contributed by atoms with Gasteiger partial charge in [0, 0.05) is 29.8 Å². The van der Waals surface area contributed by atoms with Crippen LogP contribution in [0.5, 0.6) is 0 Å². The van der Waals surface area contributed by atoms with Crippen molar-refractivity contribution in [2.75, 3.05) is 6.61 Å². The van der Waals surface area contributed by atoms with Crippen molar-refractivity contribution in [2.24, 2.45) is 0 Å². The summed E-state index contributed by atoms with van der Waals surface area (Å²) in [5, 5.41) is 2.86. The number of allylic oxidation sites excluding steroid dienone is 1. The van der Waals surface area contributed by atoms with E-state index in [4.69, 9.17) is 4.74 Å². The zero-order valence-corrected chi connectivity index (χ0v) is 21.4. The van der Waals surface area contributed by atoms with Crippen LogP contribution in [-0.4, -0.2) is 34.3 Å². The predicted molar refractivity (Wildman–Crippen MR) is 140 cm³/mol. The quantitative estimate of drug-likeness (QED) is 0.457. The van der Waals surface area contributed by atoms with Crippen LogP contribution in [0.15, 0.2) is 84.2 Å². The molecule has 7 nitrogen and oxygen atoms in total. The fourth-order valence-electron chi connectivity index (χ4n) is 4.57. The minimum absolute atomic E-state index is 0.0609. The number of benzene rings is 2. The molecule has 0 spiro atoms. The lowest BCUT2D eigenvalue weighted by atomic mass is 9.83. The molecule has 1 unspecified atom stereocenters. The first-order valence-electron chi connectivity index (χ1n) is 12.4. The molecule has 1 aliphatic heterocycles. The average molecular weight is 498 g/mol. The van der Waals surface area contributed by atoms with Crippen LogP contribution in [0.1, 0.15) is 58.9 Å². The SMILES string of the molecule is CCOC(=O)C1=C(C)N(Cc2ccc(C(=O)NCc3ccccn3)cc2)C(=O)CC1c1cccc(C)c1. The van der Waals surface area contributed by atoms with Crippen molar-refractivity contribution in [1.29, 1.82) is 0 Å². The number of pyridine rings is 1. The first-order valence-corrected chi connectivity index (χ1v) is 12.4. The lowest BCUT2D eigenvalue weighted by Gasteiger charge is -2.34. The molecule has 1 aromatic heterocycles. The van der Waals surface area contributed by atoms with Gasteiger partial charge in [0.15, 0.2) is 0 Å². The summed E-state index contributed by atoms with van der Waals surface area (Å²) in [4.78, 5) is 44.6. The fourth-order valence-corrected chi connectivity index (χ4v) is 4.57. The number of hydrogen-bond acceptors (Lipinski definition) is 5. The largest absolute Gasteiger partial charge is 0.463 e. The Labute approximate surface area is 217 Å². The number of rotatable bonds is 8. The summed E-state index contributed by atoms with van der Waals surface area (Å²) in [6.45, 7) is 6.45. The van der Waals surface area contributed by atoms with E-state index in [-0.39, 0.29) is 30.8 Å². The summed E-state index contributed by atoms with van der Waals surface area (Å²) in [5.41, 5.74) is 5.25. The molecule has 2 aromatic carbocycles. The summed E-state index contributed by atoms with van der Waals surface area (Å²) in [5.74, 6) is -1.01. The summed E-state index contributed by atoms with van der Waals surface area (Å²) < 4.78 is 5.38. The van der Waals surface area contributed by atoms with Gasteiger partial charge in [0.05, 0.1) is 31.0 Å². The predicted octanol–water partition coefficient (Wildman–Crippen LogP) is 4.67. The van der Waals surface area contributed by atoms with Crippen molar-refractivity contribution in [1.82, 2.24) is 15.2 Å². The number of hydrogen-bond donors (Lipinski definition) is 1. The zero-order chi connectivity index (χ0) is 26.4. The van der Waals surface area contributed by atoms with E-state index in [9.17, 15) is 14.4 Å². The van der Waals surface area contributed by atoms with Crippen molar-refractivity contribution in [3.05, 3.63) is 112 Å². The Kier molecular flexibility index (Phi) is 8.13. The van der Waals surface area contributed by atoms with Gasteiger partial charge in [0.1, 0.15) is 0 Å². The van der Waals surface area contributed by atoms with Crippen LogP contribution in [-0.2, 0) is 27.4 Å². The van der Waals surface area contributed by atoms with Crippen LogP contribution in [0, 0.1) is 6.92 Å². The highest BCUT2D eigenvalue weighted by molar-refractivity contribution is 5.96. The summed E-state index contributed by atoms with van der Waals surface area (Å²) in [6, 6.07) is 20.6. The smallest absolute Gasteiger partial charge is 0.336 e. The molecule has 7 heteroatoms. The first kappa shape index (κ1) is 25.8. The van der Waals surface area contributed by atoms with Gasteiger partial charge in [-0.1, -0.05) is 48.0 Å². The van der Waals surface area contributed by atoms with Gasteiger partial charge in [-0.2, -0.15) is 0 Å². The second-order valence-corrected chi connectivity index (χ2v) is 9.07. The van der Waals surface area contributed by atoms with Gasteiger partial charge in [0.25, 0.3) is 5.91 Å². The summed E-state index contributed by atoms with van der Waals surface area (Å²) >= 11 is 0. The summed E-state index contributed by atoms with van der Waals surface area (Å²) in [6.07, 6.45) is 1.87. The third-order valence-electron chi connectivity index (χ3n) is 6.48. The zero-order valence-electron chi connectivity index (χ0n) is 21.4. The Morgan fingerprint density at radius 2 is 1.84 bits per heavy atom. The molecule has 2 amide bonds. The number of carbonyl (C=O) groups is 3. The standard InChI is InChI=1S/C30H31N3O4/c1-4-37-30(36)28-21(3)33(27(34)17-26(28)24-9-7-8-20(2)16-24)19-22-11-13-23(14-12-22)29(35)32-18-25-10-5-6-15-31-25/h5-16,26H,4,17-19H2,1-3H3,(H,32,35). The number of nitrogens with zero attached hydrogens (tertiary/aromatic N) is 2. The van der Waals surface area contributed by atoms with Crippen LogP contribution >= 0.6 is 0 Å². The van der Waals surface area contributed by atoms with Gasteiger partial charge in [0.2, 0.25) is 5.91 Å². The minimum Gasteiger partial charge on any atom is -0.463 e. The number of aromatic nitrogens is 1. The van der Waals surface area contributed by atoms with Crippen LogP contribution < -0.4 is 5.32 Å². The molecule has 1 aliphatic rings. The highest BCUT2D eigenvalue weighted by atomic mass is 16.5. The molecule has 0 saturated carbocycles. The molecule has 2 heterocycles. The molecule has 0 fully saturated rings. The highest BCUT2D eigenvalue weighted by Gasteiger charge is 2.36. The van der Waals surface area contributed by atoms with Gasteiger partial charge in [-0.15, -0.1) is 0 Å². The fraction of sp³-hybridized carbons (Fsp3) is 0.267. The molecular weight excluding hydrogens is 466 g/mol. The van der Waals surface area contributed by atoms with Gasteiger partial charge in [-0.3, -0.25) is 14.6 Å². The molecule has 37 heavy (non-hydrogen) atoms. The maximum absolute atomic E-state index is 13.3. The van der Waals surface area contributed by atoms with Crippen molar-refractivity contribution in [3.8, 4) is 0 Å². The van der Waals surface area contributed by atoms with E-state index in [1.54, 1.807) is 37.1 Å². The number of aryl methyl sites for hydroxylation is 1. The van der Waals surface area contributed by atoms with Gasteiger partial charge in [-0.05, 0) is 56.2 Å². The number of carbonyl (C=O) groups excluding carboxylic acids is 3. The molecule has 3 aromatic rings. The first-order chi connectivity index (χ1) is 17.9. The van der Waals surface area contributed by atoms with Crippen molar-refractivity contribution < 1.29 is 19.1 Å². The van der Waals surface area contributed by atoms with Crippen molar-refractivity contribution in [2.45, 2.75) is 46.2 Å². The van der Waals surface area contributed by atoms with E-state index in [0.29, 0.717) is 29.9 Å². The molecule has 4 rings (SSSR count). The number of esters is 1. The maximum Gasteiger partial charge on any atom is 0.336 e. The number of amides is 2. The monoisotopic (exact) mass is 497 g/mol. The van der Waals surface area contributed by atoms with Crippen LogP contribution in [0.3, 0.4) is 0 Å². The van der Waals surface area contributed by atoms with E-state index >= 15 is 0 Å². The second kappa shape index (κ2) is 11.6. The summed E-state index contributed by atoms with van der Waals surface area (Å²) in [7, 11) is 0. The molecule has 0 aliphatic carbocycles. The normalized spacial score (nSPS) is 15.5. The molecular formula is C30H31N3O4. The second-order valence-electron chi connectivity index (χ2n) is 9.07. The Balaban J connectivity index is 1.53. The topological polar surface area (TPSA) is 88.6 Å². The Morgan fingerprint density at radius 1 is 1.05 bits per heavy atom. The number of nitrogens with one attached hydrogen (secondary N) is 1. The Morgan fingerprint density at radius 3 is 2.51 bits per heavy atom. The molecule has 0 bridgehead atoms. The van der Waals surface area contributed by atoms with Crippen molar-refractivity contribution in [3.63, 3.8) is 0 Å². The lowest BCUT2D eigenvalue weighted by molar-refractivity contribution is -0.140. The van der Waals surface area contributed by atoms with Crippen molar-refractivity contribution >= 4 is 17.8 Å². The van der Waals surface area contributed by atoms with E-state index in [1.165, 1.54) is 0 Å². The van der Waals surface area contributed by atoms with E-state index in [2.05, 4.69) is 10.3 Å². The van der Waals surface area contributed by atoms with E-state index in [1.807, 2.05) is 61.5 Å².